The Hall–Kier alpha value is -3.04. The molecule has 0 aliphatic heterocycles. The summed E-state index contributed by atoms with van der Waals surface area (Å²) in [4.78, 5) is 12.0. The first-order valence-electron chi connectivity index (χ1n) is 8.94. The van der Waals surface area contributed by atoms with Crippen molar-refractivity contribution in [3.8, 4) is 11.5 Å². The lowest BCUT2D eigenvalue weighted by Crippen LogP contribution is -2.25. The van der Waals surface area contributed by atoms with Crippen molar-refractivity contribution in [2.24, 2.45) is 0 Å². The summed E-state index contributed by atoms with van der Waals surface area (Å²) in [5.41, 5.74) is 1.24. The highest BCUT2D eigenvalue weighted by Gasteiger charge is 2.22. The van der Waals surface area contributed by atoms with Crippen molar-refractivity contribution in [1.29, 1.82) is 0 Å². The van der Waals surface area contributed by atoms with Gasteiger partial charge in [0.1, 0.15) is 22.3 Å². The minimum absolute atomic E-state index is 0.0799. The van der Waals surface area contributed by atoms with E-state index in [9.17, 15) is 13.2 Å². The van der Waals surface area contributed by atoms with Crippen LogP contribution < -0.4 is 13.8 Å². The molecule has 1 aromatic heterocycles. The number of methoxy groups -OCH3 is 1. The van der Waals surface area contributed by atoms with Crippen LogP contribution in [0.1, 0.15) is 5.56 Å². The van der Waals surface area contributed by atoms with E-state index in [0.29, 0.717) is 17.2 Å². The van der Waals surface area contributed by atoms with Gasteiger partial charge in [0, 0.05) is 12.6 Å². The van der Waals surface area contributed by atoms with Gasteiger partial charge < -0.3 is 14.2 Å². The predicted molar refractivity (Wildman–Crippen MR) is 115 cm³/mol. The largest absolute Gasteiger partial charge is 0.496 e. The molecule has 0 saturated carbocycles. The fraction of sp³-hybridized carbons (Fsp3) is 0.190. The van der Waals surface area contributed by atoms with Crippen LogP contribution in [0.5, 0.6) is 11.5 Å². The number of thiophene rings is 1. The molecule has 2 aromatic carbocycles. The number of hydrogen-bond acceptors (Lipinski definition) is 7. The number of sulfonamides is 1. The van der Waals surface area contributed by atoms with Crippen molar-refractivity contribution in [2.45, 2.75) is 10.8 Å². The molecule has 0 unspecified atom stereocenters. The van der Waals surface area contributed by atoms with Crippen molar-refractivity contribution in [2.75, 3.05) is 25.1 Å². The average Bonchev–Trinajstić information content (AvgIpc) is 3.32. The first-order chi connectivity index (χ1) is 14.4. The average molecular weight is 448 g/mol. The van der Waals surface area contributed by atoms with Gasteiger partial charge >= 0.3 is 5.97 Å². The topological polar surface area (TPSA) is 82.1 Å². The Bertz CT molecular complexity index is 1080. The minimum atomic E-state index is -3.60. The van der Waals surface area contributed by atoms with Gasteiger partial charge in [0.25, 0.3) is 10.0 Å². The molecular weight excluding hydrogens is 426 g/mol. The van der Waals surface area contributed by atoms with E-state index in [1.807, 2.05) is 18.2 Å². The van der Waals surface area contributed by atoms with Crippen LogP contribution in [0.25, 0.3) is 0 Å². The van der Waals surface area contributed by atoms with Crippen LogP contribution >= 0.6 is 11.3 Å². The summed E-state index contributed by atoms with van der Waals surface area (Å²) in [6, 6.07) is 16.9. The molecule has 0 aliphatic rings. The second kappa shape index (κ2) is 9.64. The third kappa shape index (κ3) is 5.11. The smallest absolute Gasteiger partial charge is 0.344 e. The molecule has 0 radical (unpaired) electrons. The third-order valence-electron chi connectivity index (χ3n) is 4.25. The molecule has 0 fully saturated rings. The highest BCUT2D eigenvalue weighted by atomic mass is 32.2. The van der Waals surface area contributed by atoms with E-state index in [1.165, 1.54) is 11.4 Å². The zero-order chi connectivity index (χ0) is 21.6. The summed E-state index contributed by atoms with van der Waals surface area (Å²) < 4.78 is 42.5. The molecule has 0 spiro atoms. The van der Waals surface area contributed by atoms with E-state index in [1.54, 1.807) is 55.0 Å². The molecule has 0 N–H and O–H groups in total. The lowest BCUT2D eigenvalue weighted by Gasteiger charge is -2.18. The summed E-state index contributed by atoms with van der Waals surface area (Å²) in [6.45, 7) is -0.186. The van der Waals surface area contributed by atoms with Gasteiger partial charge in [-0.05, 0) is 41.8 Å². The second-order valence-corrected chi connectivity index (χ2v) is 9.30. The molecular formula is C21H21NO6S2. The van der Waals surface area contributed by atoms with Crippen LogP contribution in [-0.4, -0.2) is 35.2 Å². The number of hydrogen-bond donors (Lipinski definition) is 0. The van der Waals surface area contributed by atoms with Gasteiger partial charge in [0.2, 0.25) is 0 Å². The lowest BCUT2D eigenvalue weighted by atomic mass is 10.2. The van der Waals surface area contributed by atoms with E-state index >= 15 is 0 Å². The van der Waals surface area contributed by atoms with Gasteiger partial charge in [0.05, 0.1) is 12.8 Å². The van der Waals surface area contributed by atoms with Crippen molar-refractivity contribution >= 4 is 33.0 Å². The van der Waals surface area contributed by atoms with Gasteiger partial charge in [0.15, 0.2) is 6.61 Å². The van der Waals surface area contributed by atoms with E-state index in [4.69, 9.17) is 14.2 Å². The third-order valence-corrected chi connectivity index (χ3v) is 7.41. The molecule has 0 amide bonds. The van der Waals surface area contributed by atoms with Crippen molar-refractivity contribution < 1.29 is 27.4 Å². The Morgan fingerprint density at radius 3 is 2.43 bits per heavy atom. The Kier molecular flexibility index (Phi) is 6.96. The number of benzene rings is 2. The standard InChI is InChI=1S/C21H21NO6S2/c1-22(30(24,25)21-8-5-13-29-21)17-9-11-18(12-10-17)27-15-20(23)28-14-16-6-3-4-7-19(16)26-2/h3-13H,14-15H2,1-2H3. The molecule has 0 aliphatic carbocycles. The van der Waals surface area contributed by atoms with Crippen LogP contribution in [0.15, 0.2) is 70.3 Å². The summed E-state index contributed by atoms with van der Waals surface area (Å²) in [6.07, 6.45) is 0. The van der Waals surface area contributed by atoms with E-state index in [0.717, 1.165) is 16.9 Å². The Balaban J connectivity index is 1.54. The van der Waals surface area contributed by atoms with Gasteiger partial charge in [-0.1, -0.05) is 24.3 Å². The first-order valence-corrected chi connectivity index (χ1v) is 11.3. The monoisotopic (exact) mass is 447 g/mol. The Labute approximate surface area is 179 Å². The molecule has 3 aromatic rings. The normalized spacial score (nSPS) is 11.0. The number of rotatable bonds is 9. The highest BCUT2D eigenvalue weighted by Crippen LogP contribution is 2.26. The number of para-hydroxylation sites is 1. The van der Waals surface area contributed by atoms with Gasteiger partial charge in [-0.2, -0.15) is 0 Å². The zero-order valence-electron chi connectivity index (χ0n) is 16.5. The molecule has 0 bridgehead atoms. The maximum atomic E-state index is 12.6. The maximum Gasteiger partial charge on any atom is 0.344 e. The highest BCUT2D eigenvalue weighted by molar-refractivity contribution is 7.94. The zero-order valence-corrected chi connectivity index (χ0v) is 18.1. The lowest BCUT2D eigenvalue weighted by molar-refractivity contribution is -0.147. The number of nitrogens with zero attached hydrogens (tertiary/aromatic N) is 1. The Morgan fingerprint density at radius 1 is 1.03 bits per heavy atom. The van der Waals surface area contributed by atoms with Crippen LogP contribution in [-0.2, 0) is 26.2 Å². The number of ether oxygens (including phenoxy) is 3. The molecule has 30 heavy (non-hydrogen) atoms. The van der Waals surface area contributed by atoms with Gasteiger partial charge in [-0.3, -0.25) is 4.31 Å². The van der Waals surface area contributed by atoms with E-state index in [-0.39, 0.29) is 17.4 Å². The molecule has 9 heteroatoms. The van der Waals surface area contributed by atoms with Crippen LogP contribution in [0.2, 0.25) is 0 Å². The van der Waals surface area contributed by atoms with Crippen molar-refractivity contribution in [3.63, 3.8) is 0 Å². The summed E-state index contributed by atoms with van der Waals surface area (Å²) >= 11 is 1.16. The fourth-order valence-corrected chi connectivity index (χ4v) is 4.96. The summed E-state index contributed by atoms with van der Waals surface area (Å²) in [5.74, 6) is 0.542. The first kappa shape index (κ1) is 21.7. The van der Waals surface area contributed by atoms with Crippen LogP contribution in [0, 0.1) is 0 Å². The summed E-state index contributed by atoms with van der Waals surface area (Å²) in [7, 11) is -0.562. The second-order valence-electron chi connectivity index (χ2n) is 6.16. The number of carbonyl (C=O) groups is 1. The molecule has 3 rings (SSSR count). The maximum absolute atomic E-state index is 12.6. The number of carbonyl (C=O) groups excluding carboxylic acids is 1. The predicted octanol–water partition coefficient (Wildman–Crippen LogP) is 3.70. The molecule has 158 valence electrons. The number of esters is 1. The van der Waals surface area contributed by atoms with Crippen molar-refractivity contribution in [1.82, 2.24) is 0 Å². The fourth-order valence-electron chi connectivity index (χ4n) is 2.60. The summed E-state index contributed by atoms with van der Waals surface area (Å²) in [5, 5.41) is 1.71. The molecule has 0 atom stereocenters. The molecule has 1 heterocycles. The van der Waals surface area contributed by atoms with Crippen LogP contribution in [0.4, 0.5) is 5.69 Å². The van der Waals surface area contributed by atoms with Gasteiger partial charge in [-0.15, -0.1) is 11.3 Å². The van der Waals surface area contributed by atoms with Gasteiger partial charge in [-0.25, -0.2) is 13.2 Å². The van der Waals surface area contributed by atoms with Crippen molar-refractivity contribution in [3.05, 3.63) is 71.6 Å². The van der Waals surface area contributed by atoms with E-state index < -0.39 is 16.0 Å². The molecule has 7 nitrogen and oxygen atoms in total. The minimum Gasteiger partial charge on any atom is -0.496 e. The molecule has 0 saturated heterocycles. The van der Waals surface area contributed by atoms with E-state index in [2.05, 4.69) is 0 Å². The quantitative estimate of drug-likeness (QED) is 0.465. The van der Waals surface area contributed by atoms with Crippen LogP contribution in [0.3, 0.4) is 0 Å². The Morgan fingerprint density at radius 2 is 1.77 bits per heavy atom. The number of anilines is 1. The SMILES string of the molecule is COc1ccccc1COC(=O)COc1ccc(N(C)S(=O)(=O)c2cccs2)cc1.